The molecule has 2 aromatic carbocycles. The number of carboxylic acid groups (broad SMARTS) is 2. The van der Waals surface area contributed by atoms with Crippen LogP contribution in [0.2, 0.25) is 0 Å². The van der Waals surface area contributed by atoms with Crippen LogP contribution in [-0.4, -0.2) is 42.9 Å². The van der Waals surface area contributed by atoms with Crippen molar-refractivity contribution in [2.24, 2.45) is 5.92 Å². The summed E-state index contributed by atoms with van der Waals surface area (Å²) in [6, 6.07) is 6.94. The maximum atomic E-state index is 12.4. The molecular formula is C21H22O7S. The summed E-state index contributed by atoms with van der Waals surface area (Å²) in [6.07, 6.45) is 2.12. The lowest BCUT2D eigenvalue weighted by Crippen LogP contribution is -2.09. The van der Waals surface area contributed by atoms with Crippen LogP contribution < -0.4 is 4.74 Å². The third-order valence-electron chi connectivity index (χ3n) is 4.98. The number of aromatic carboxylic acids is 2. The minimum atomic E-state index is -3.53. The first-order chi connectivity index (χ1) is 13.6. The zero-order chi connectivity index (χ0) is 21.3. The van der Waals surface area contributed by atoms with Crippen molar-refractivity contribution in [2.75, 3.05) is 12.4 Å². The highest BCUT2D eigenvalue weighted by atomic mass is 32.2. The number of carboxylic acids is 2. The highest BCUT2D eigenvalue weighted by Gasteiger charge is 2.25. The van der Waals surface area contributed by atoms with Crippen molar-refractivity contribution in [1.29, 1.82) is 0 Å². The summed E-state index contributed by atoms with van der Waals surface area (Å²) >= 11 is 0. The van der Waals surface area contributed by atoms with E-state index < -0.39 is 21.8 Å². The average molecular weight is 418 g/mol. The van der Waals surface area contributed by atoms with Crippen molar-refractivity contribution in [1.82, 2.24) is 0 Å². The Hall–Kier alpha value is -2.87. The summed E-state index contributed by atoms with van der Waals surface area (Å²) < 4.78 is 30.6. The highest BCUT2D eigenvalue weighted by molar-refractivity contribution is 7.91. The Morgan fingerprint density at radius 2 is 1.69 bits per heavy atom. The standard InChI is InChI=1S/C21H22O7S/c1-3-29(26,27)14-6-7-19(28-11-13-4-5-13)17(9-14)16-8-12(2)15(20(22)23)10-18(16)21(24)25/h6-10,13H,3-5,11H2,1-2H3,(H,22,23)(H,24,25). The van der Waals surface area contributed by atoms with Crippen LogP contribution in [0.25, 0.3) is 11.1 Å². The largest absolute Gasteiger partial charge is 0.493 e. The molecule has 7 nitrogen and oxygen atoms in total. The maximum absolute atomic E-state index is 12.4. The number of benzene rings is 2. The van der Waals surface area contributed by atoms with Gasteiger partial charge in [0.05, 0.1) is 28.4 Å². The SMILES string of the molecule is CCS(=O)(=O)c1ccc(OCC2CC2)c(-c2cc(C)c(C(=O)O)cc2C(=O)O)c1. The van der Waals surface area contributed by atoms with E-state index in [0.717, 1.165) is 18.9 Å². The molecule has 1 aliphatic rings. The molecule has 1 fully saturated rings. The molecule has 2 aromatic rings. The van der Waals surface area contributed by atoms with E-state index in [1.54, 1.807) is 6.92 Å². The fourth-order valence-electron chi connectivity index (χ4n) is 3.04. The van der Waals surface area contributed by atoms with Gasteiger partial charge in [0.15, 0.2) is 9.84 Å². The molecule has 0 spiro atoms. The van der Waals surface area contributed by atoms with E-state index in [-0.39, 0.29) is 27.3 Å². The van der Waals surface area contributed by atoms with Gasteiger partial charge in [-0.15, -0.1) is 0 Å². The minimum Gasteiger partial charge on any atom is -0.493 e. The Morgan fingerprint density at radius 3 is 2.24 bits per heavy atom. The smallest absolute Gasteiger partial charge is 0.336 e. The van der Waals surface area contributed by atoms with Crippen molar-refractivity contribution >= 4 is 21.8 Å². The third kappa shape index (κ3) is 4.42. The molecular weight excluding hydrogens is 396 g/mol. The summed E-state index contributed by atoms with van der Waals surface area (Å²) in [5.74, 6) is -1.82. The van der Waals surface area contributed by atoms with Gasteiger partial charge < -0.3 is 14.9 Å². The van der Waals surface area contributed by atoms with Crippen LogP contribution in [0.4, 0.5) is 0 Å². The zero-order valence-electron chi connectivity index (χ0n) is 16.1. The van der Waals surface area contributed by atoms with Crippen LogP contribution in [0, 0.1) is 12.8 Å². The second-order valence-corrected chi connectivity index (χ2v) is 9.42. The van der Waals surface area contributed by atoms with E-state index in [4.69, 9.17) is 4.74 Å². The lowest BCUT2D eigenvalue weighted by Gasteiger charge is -2.16. The number of ether oxygens (including phenoxy) is 1. The second kappa shape index (κ2) is 7.87. The van der Waals surface area contributed by atoms with Crippen molar-refractivity contribution in [2.45, 2.75) is 31.6 Å². The van der Waals surface area contributed by atoms with Crippen LogP contribution in [-0.2, 0) is 9.84 Å². The van der Waals surface area contributed by atoms with E-state index in [2.05, 4.69) is 0 Å². The third-order valence-corrected chi connectivity index (χ3v) is 6.71. The molecule has 0 unspecified atom stereocenters. The van der Waals surface area contributed by atoms with Gasteiger partial charge in [-0.2, -0.15) is 0 Å². The van der Waals surface area contributed by atoms with Gasteiger partial charge in [-0.05, 0) is 61.6 Å². The summed E-state index contributed by atoms with van der Waals surface area (Å²) in [5.41, 5.74) is 0.560. The number of rotatable bonds is 8. The molecule has 29 heavy (non-hydrogen) atoms. The van der Waals surface area contributed by atoms with Gasteiger partial charge in [-0.25, -0.2) is 18.0 Å². The molecule has 0 amide bonds. The van der Waals surface area contributed by atoms with Gasteiger partial charge in [0, 0.05) is 11.1 Å². The van der Waals surface area contributed by atoms with Gasteiger partial charge in [-0.3, -0.25) is 0 Å². The van der Waals surface area contributed by atoms with Crippen LogP contribution in [0.15, 0.2) is 35.2 Å². The Labute approximate surface area is 168 Å². The van der Waals surface area contributed by atoms with Crippen LogP contribution >= 0.6 is 0 Å². The van der Waals surface area contributed by atoms with Gasteiger partial charge in [0.1, 0.15) is 5.75 Å². The van der Waals surface area contributed by atoms with Crippen molar-refractivity contribution < 1.29 is 33.0 Å². The number of hydrogen-bond donors (Lipinski definition) is 2. The topological polar surface area (TPSA) is 118 Å². The van der Waals surface area contributed by atoms with E-state index in [1.165, 1.54) is 31.2 Å². The zero-order valence-corrected chi connectivity index (χ0v) is 17.0. The number of aryl methyl sites for hydroxylation is 1. The van der Waals surface area contributed by atoms with Crippen molar-refractivity contribution in [3.05, 3.63) is 47.0 Å². The van der Waals surface area contributed by atoms with Gasteiger partial charge >= 0.3 is 11.9 Å². The van der Waals surface area contributed by atoms with E-state index in [9.17, 15) is 28.2 Å². The van der Waals surface area contributed by atoms with E-state index >= 15 is 0 Å². The fourth-order valence-corrected chi connectivity index (χ4v) is 3.94. The Balaban J connectivity index is 2.23. The number of hydrogen-bond acceptors (Lipinski definition) is 5. The summed E-state index contributed by atoms with van der Waals surface area (Å²) in [4.78, 5) is 23.3. The molecule has 1 saturated carbocycles. The highest BCUT2D eigenvalue weighted by Crippen LogP contribution is 2.38. The van der Waals surface area contributed by atoms with Crippen molar-refractivity contribution in [3.63, 3.8) is 0 Å². The lowest BCUT2D eigenvalue weighted by atomic mass is 9.93. The quantitative estimate of drug-likeness (QED) is 0.672. The molecule has 0 saturated heterocycles. The molecule has 0 radical (unpaired) electrons. The molecule has 0 aliphatic heterocycles. The number of sulfone groups is 1. The molecule has 2 N–H and O–H groups in total. The number of carbonyl (C=O) groups is 2. The van der Waals surface area contributed by atoms with Crippen molar-refractivity contribution in [3.8, 4) is 16.9 Å². The Bertz CT molecular complexity index is 1080. The maximum Gasteiger partial charge on any atom is 0.336 e. The second-order valence-electron chi connectivity index (χ2n) is 7.14. The Morgan fingerprint density at radius 1 is 1.03 bits per heavy atom. The first kappa shape index (κ1) is 20.9. The minimum absolute atomic E-state index is 0.0603. The Kier molecular flexibility index (Phi) is 5.66. The van der Waals surface area contributed by atoms with Crippen LogP contribution in [0.5, 0.6) is 5.75 Å². The fraction of sp³-hybridized carbons (Fsp3) is 0.333. The molecule has 1 aliphatic carbocycles. The molecule has 0 atom stereocenters. The normalized spacial score (nSPS) is 13.9. The summed E-state index contributed by atoms with van der Waals surface area (Å²) in [5, 5.41) is 19.0. The predicted octanol–water partition coefficient (Wildman–Crippen LogP) is 3.64. The van der Waals surface area contributed by atoms with Crippen LogP contribution in [0.1, 0.15) is 46.0 Å². The molecule has 8 heteroatoms. The molecule has 3 rings (SSSR count). The first-order valence-electron chi connectivity index (χ1n) is 9.25. The predicted molar refractivity (Wildman–Crippen MR) is 106 cm³/mol. The first-order valence-corrected chi connectivity index (χ1v) is 10.9. The van der Waals surface area contributed by atoms with E-state index in [1.807, 2.05) is 0 Å². The van der Waals surface area contributed by atoms with E-state index in [0.29, 0.717) is 29.4 Å². The summed E-state index contributed by atoms with van der Waals surface area (Å²) in [7, 11) is -3.53. The molecule has 154 valence electrons. The molecule has 0 aromatic heterocycles. The lowest BCUT2D eigenvalue weighted by molar-refractivity contribution is 0.0695. The van der Waals surface area contributed by atoms with Gasteiger partial charge in [0.2, 0.25) is 0 Å². The molecule has 0 bridgehead atoms. The molecule has 0 heterocycles. The summed E-state index contributed by atoms with van der Waals surface area (Å²) in [6.45, 7) is 3.55. The van der Waals surface area contributed by atoms with Gasteiger partial charge in [0.25, 0.3) is 0 Å². The van der Waals surface area contributed by atoms with Crippen LogP contribution in [0.3, 0.4) is 0 Å². The average Bonchev–Trinajstić information content (AvgIpc) is 3.49. The van der Waals surface area contributed by atoms with Gasteiger partial charge in [-0.1, -0.05) is 6.92 Å². The monoisotopic (exact) mass is 418 g/mol.